The number of benzene rings is 2. The zero-order valence-corrected chi connectivity index (χ0v) is 19.9. The lowest BCUT2D eigenvalue weighted by Gasteiger charge is -2.18. The highest BCUT2D eigenvalue weighted by Crippen LogP contribution is 2.24. The Bertz CT molecular complexity index is 1010. The van der Waals surface area contributed by atoms with Crippen molar-refractivity contribution in [1.82, 2.24) is 0 Å². The molecule has 0 amide bonds. The van der Waals surface area contributed by atoms with Gasteiger partial charge in [0, 0.05) is 11.5 Å². The maximum absolute atomic E-state index is 14.4. The summed E-state index contributed by atoms with van der Waals surface area (Å²) in [6, 6.07) is 13.0. The van der Waals surface area contributed by atoms with Crippen LogP contribution in [0.5, 0.6) is 0 Å². The zero-order valence-electron chi connectivity index (χ0n) is 19.9. The van der Waals surface area contributed by atoms with Gasteiger partial charge in [-0.3, -0.25) is 0 Å². The van der Waals surface area contributed by atoms with Gasteiger partial charge in [-0.15, -0.1) is 0 Å². The Morgan fingerprint density at radius 2 is 1.62 bits per heavy atom. The van der Waals surface area contributed by atoms with Crippen LogP contribution in [-0.4, -0.2) is 36.9 Å². The number of halogens is 1. The molecule has 0 spiro atoms. The van der Waals surface area contributed by atoms with Crippen molar-refractivity contribution in [3.8, 4) is 11.1 Å². The Labute approximate surface area is 200 Å². The van der Waals surface area contributed by atoms with Gasteiger partial charge in [-0.25, -0.2) is 14.0 Å². The maximum atomic E-state index is 14.4. The van der Waals surface area contributed by atoms with E-state index in [2.05, 4.69) is 20.1 Å². The highest BCUT2D eigenvalue weighted by molar-refractivity contribution is 5.88. The smallest absolute Gasteiger partial charge is 0.335 e. The van der Waals surface area contributed by atoms with Crippen molar-refractivity contribution in [2.24, 2.45) is 5.92 Å². The molecule has 2 aromatic carbocycles. The molecule has 2 aromatic rings. The number of aliphatic hydroxyl groups excluding tert-OH is 1. The van der Waals surface area contributed by atoms with Gasteiger partial charge in [0.15, 0.2) is 0 Å². The minimum Gasteiger partial charge on any atom is -0.462 e. The number of hydrogen-bond acceptors (Lipinski definition) is 5. The van der Waals surface area contributed by atoms with Gasteiger partial charge in [0.25, 0.3) is 0 Å². The second-order valence-corrected chi connectivity index (χ2v) is 8.42. The summed E-state index contributed by atoms with van der Waals surface area (Å²) in [6.07, 6.45) is 3.19. The Balaban J connectivity index is 2.09. The molecule has 0 aliphatic carbocycles. The third-order valence-electron chi connectivity index (χ3n) is 5.39. The van der Waals surface area contributed by atoms with Crippen LogP contribution in [0.15, 0.2) is 66.8 Å². The largest absolute Gasteiger partial charge is 0.462 e. The zero-order chi connectivity index (χ0) is 25.1. The molecule has 0 radical (unpaired) electrons. The Morgan fingerprint density at radius 3 is 2.18 bits per heavy atom. The summed E-state index contributed by atoms with van der Waals surface area (Å²) >= 11 is 0. The first kappa shape index (κ1) is 27.0. The number of aliphatic hydroxyl groups is 1. The predicted octanol–water partition coefficient (Wildman–Crippen LogP) is 5.21. The Morgan fingerprint density at radius 1 is 1.00 bits per heavy atom. The molecule has 6 heteroatoms. The van der Waals surface area contributed by atoms with Gasteiger partial charge in [0.2, 0.25) is 0 Å². The second-order valence-electron chi connectivity index (χ2n) is 8.42. The highest BCUT2D eigenvalue weighted by atomic mass is 19.1. The van der Waals surface area contributed by atoms with Crippen molar-refractivity contribution >= 4 is 11.9 Å². The molecule has 1 atom stereocenters. The molecule has 0 saturated heterocycles. The summed E-state index contributed by atoms with van der Waals surface area (Å²) in [6.45, 7) is 10.2. The fourth-order valence-electron chi connectivity index (χ4n) is 3.31. The van der Waals surface area contributed by atoms with Crippen LogP contribution in [0, 0.1) is 11.7 Å². The first-order valence-corrected chi connectivity index (χ1v) is 11.4. The standard InChI is InChI=1S/C28H33FO5/c1-5-6-7-24-12-13-25(15-26(24)29)23-10-8-21(9-11-23)14-22(17-33-27(31)19(2)3)18-34-28(32)20(4)16-30/h8-13,15,22,30H,2,4-7,14,16-18H2,1,3H3. The number of rotatable bonds is 13. The molecule has 182 valence electrons. The Kier molecular flexibility index (Phi) is 10.7. The average molecular weight is 469 g/mol. The first-order valence-electron chi connectivity index (χ1n) is 11.4. The number of hydrogen-bond donors (Lipinski definition) is 1. The van der Waals surface area contributed by atoms with Gasteiger partial charge in [-0.2, -0.15) is 0 Å². The topological polar surface area (TPSA) is 72.8 Å². The average Bonchev–Trinajstić information content (AvgIpc) is 2.84. The summed E-state index contributed by atoms with van der Waals surface area (Å²) < 4.78 is 24.9. The number of aryl methyl sites for hydroxylation is 1. The van der Waals surface area contributed by atoms with E-state index in [0.717, 1.165) is 41.5 Å². The summed E-state index contributed by atoms with van der Waals surface area (Å²) in [5.74, 6) is -1.71. The van der Waals surface area contributed by atoms with Crippen LogP contribution in [0.4, 0.5) is 4.39 Å². The minimum absolute atomic E-state index is 0.00644. The second kappa shape index (κ2) is 13.5. The molecular formula is C28H33FO5. The van der Waals surface area contributed by atoms with Gasteiger partial charge >= 0.3 is 11.9 Å². The predicted molar refractivity (Wildman–Crippen MR) is 131 cm³/mol. The van der Waals surface area contributed by atoms with Gasteiger partial charge < -0.3 is 14.6 Å². The molecule has 0 heterocycles. The van der Waals surface area contributed by atoms with Crippen molar-refractivity contribution < 1.29 is 28.6 Å². The maximum Gasteiger partial charge on any atom is 0.335 e. The molecule has 0 bridgehead atoms. The third-order valence-corrected chi connectivity index (χ3v) is 5.39. The summed E-state index contributed by atoms with van der Waals surface area (Å²) in [4.78, 5) is 23.7. The van der Waals surface area contributed by atoms with E-state index < -0.39 is 18.5 Å². The lowest BCUT2D eigenvalue weighted by Crippen LogP contribution is -2.24. The molecule has 5 nitrogen and oxygen atoms in total. The Hall–Kier alpha value is -3.25. The van der Waals surface area contributed by atoms with Crippen LogP contribution < -0.4 is 0 Å². The van der Waals surface area contributed by atoms with Crippen molar-refractivity contribution in [3.05, 3.63) is 83.7 Å². The number of unbranched alkanes of at least 4 members (excludes halogenated alkanes) is 1. The molecule has 2 rings (SSSR count). The van der Waals surface area contributed by atoms with E-state index in [1.165, 1.54) is 0 Å². The van der Waals surface area contributed by atoms with E-state index in [4.69, 9.17) is 14.6 Å². The summed E-state index contributed by atoms with van der Waals surface area (Å²) in [7, 11) is 0. The number of carbonyl (C=O) groups excluding carboxylic acids is 2. The van der Waals surface area contributed by atoms with Crippen LogP contribution in [0.25, 0.3) is 11.1 Å². The van der Waals surface area contributed by atoms with E-state index in [9.17, 15) is 14.0 Å². The number of ether oxygens (including phenoxy) is 2. The van der Waals surface area contributed by atoms with Gasteiger partial charge in [-0.05, 0) is 54.5 Å². The summed E-state index contributed by atoms with van der Waals surface area (Å²) in [5.41, 5.74) is 3.59. The molecule has 1 unspecified atom stereocenters. The third kappa shape index (κ3) is 8.27. The minimum atomic E-state index is -0.696. The fraction of sp³-hybridized carbons (Fsp3) is 0.357. The molecule has 1 N–H and O–H groups in total. The molecular weight excluding hydrogens is 435 g/mol. The van der Waals surface area contributed by atoms with Crippen LogP contribution in [-0.2, 0) is 31.9 Å². The molecule has 0 fully saturated rings. The van der Waals surface area contributed by atoms with Gasteiger partial charge in [0.05, 0.1) is 25.4 Å². The molecule has 0 aromatic heterocycles. The molecule has 0 aliphatic rings. The number of carbonyl (C=O) groups is 2. The van der Waals surface area contributed by atoms with E-state index in [0.29, 0.717) is 6.42 Å². The van der Waals surface area contributed by atoms with E-state index in [1.54, 1.807) is 13.0 Å². The van der Waals surface area contributed by atoms with Crippen LogP contribution >= 0.6 is 0 Å². The monoisotopic (exact) mass is 468 g/mol. The fourth-order valence-corrected chi connectivity index (χ4v) is 3.31. The first-order chi connectivity index (χ1) is 16.2. The highest BCUT2D eigenvalue weighted by Gasteiger charge is 2.17. The summed E-state index contributed by atoms with van der Waals surface area (Å²) in [5, 5.41) is 9.03. The molecule has 34 heavy (non-hydrogen) atoms. The van der Waals surface area contributed by atoms with E-state index >= 15 is 0 Å². The van der Waals surface area contributed by atoms with E-state index in [-0.39, 0.29) is 36.1 Å². The van der Waals surface area contributed by atoms with Crippen molar-refractivity contribution in [2.75, 3.05) is 19.8 Å². The SMILES string of the molecule is C=C(C)C(=O)OCC(COC(=O)C(=C)CO)Cc1ccc(-c2ccc(CCCC)c(F)c2)cc1. The lowest BCUT2D eigenvalue weighted by molar-refractivity contribution is -0.144. The normalized spacial score (nSPS) is 11.5. The van der Waals surface area contributed by atoms with Crippen molar-refractivity contribution in [3.63, 3.8) is 0 Å². The number of esters is 2. The van der Waals surface area contributed by atoms with Gasteiger partial charge in [-0.1, -0.05) is 62.9 Å². The molecule has 0 saturated carbocycles. The molecule has 0 aliphatic heterocycles. The van der Waals surface area contributed by atoms with Gasteiger partial charge in [0.1, 0.15) is 5.82 Å². The van der Waals surface area contributed by atoms with Crippen LogP contribution in [0.3, 0.4) is 0 Å². The van der Waals surface area contributed by atoms with Crippen LogP contribution in [0.2, 0.25) is 0 Å². The van der Waals surface area contributed by atoms with Crippen molar-refractivity contribution in [1.29, 1.82) is 0 Å². The quantitative estimate of drug-likeness (QED) is 0.323. The van der Waals surface area contributed by atoms with Crippen LogP contribution in [0.1, 0.15) is 37.8 Å². The van der Waals surface area contributed by atoms with E-state index in [1.807, 2.05) is 36.4 Å². The van der Waals surface area contributed by atoms with Crippen molar-refractivity contribution in [2.45, 2.75) is 39.5 Å². The lowest BCUT2D eigenvalue weighted by atomic mass is 9.97.